The topological polar surface area (TPSA) is 91.7 Å². The molecule has 0 aliphatic heterocycles. The third-order valence-corrected chi connectivity index (χ3v) is 4.31. The van der Waals surface area contributed by atoms with Gasteiger partial charge in [0.25, 0.3) is 17.7 Å². The van der Waals surface area contributed by atoms with Crippen LogP contribution in [0.25, 0.3) is 0 Å². The smallest absolute Gasteiger partial charge is 0.279 e. The normalized spacial score (nSPS) is 12.0. The maximum atomic E-state index is 12.7. The van der Waals surface area contributed by atoms with Crippen LogP contribution in [0, 0.1) is 0 Å². The maximum Gasteiger partial charge on any atom is 0.279 e. The molecule has 4 N–H and O–H groups in total. The molecule has 0 heterocycles. The maximum absolute atomic E-state index is 12.7. The highest BCUT2D eigenvalue weighted by Crippen LogP contribution is 2.17. The zero-order chi connectivity index (χ0) is 22.1. The fraction of sp³-hybridized carbons (Fsp3) is 0.348. The molecule has 30 heavy (non-hydrogen) atoms. The van der Waals surface area contributed by atoms with Gasteiger partial charge in [-0.1, -0.05) is 30.3 Å². The van der Waals surface area contributed by atoms with Gasteiger partial charge in [0.15, 0.2) is 13.1 Å². The second-order valence-electron chi connectivity index (χ2n) is 8.17. The summed E-state index contributed by atoms with van der Waals surface area (Å²) in [7, 11) is 0. The van der Waals surface area contributed by atoms with Gasteiger partial charge in [0.05, 0.1) is 17.8 Å². The third-order valence-electron chi connectivity index (χ3n) is 4.31. The minimum Gasteiger partial charge on any atom is -0.347 e. The van der Waals surface area contributed by atoms with Crippen molar-refractivity contribution in [3.63, 3.8) is 0 Å². The van der Waals surface area contributed by atoms with E-state index in [2.05, 4.69) is 16.0 Å². The first-order valence-corrected chi connectivity index (χ1v) is 10.1. The monoisotopic (exact) mass is 411 g/mol. The second-order valence-corrected chi connectivity index (χ2v) is 8.17. The molecule has 0 bridgehead atoms. The summed E-state index contributed by atoms with van der Waals surface area (Å²) in [5.41, 5.74) is 1.17. The van der Waals surface area contributed by atoms with E-state index in [0.717, 1.165) is 4.90 Å². The number of benzene rings is 2. The Morgan fingerprint density at radius 2 is 1.43 bits per heavy atom. The summed E-state index contributed by atoms with van der Waals surface area (Å²) in [6, 6.07) is 16.0. The minimum absolute atomic E-state index is 0.102. The first kappa shape index (κ1) is 23.1. The Balaban J connectivity index is 2.01. The van der Waals surface area contributed by atoms with Crippen molar-refractivity contribution >= 4 is 29.1 Å². The molecule has 160 valence electrons. The van der Waals surface area contributed by atoms with Crippen LogP contribution < -0.4 is 20.9 Å². The summed E-state index contributed by atoms with van der Waals surface area (Å²) in [4.78, 5) is 38.2. The van der Waals surface area contributed by atoms with E-state index in [9.17, 15) is 14.4 Å². The van der Waals surface area contributed by atoms with Crippen molar-refractivity contribution in [2.45, 2.75) is 33.2 Å². The fourth-order valence-corrected chi connectivity index (χ4v) is 2.93. The molecular formula is C23H31N4O3+. The zero-order valence-electron chi connectivity index (χ0n) is 18.0. The van der Waals surface area contributed by atoms with Gasteiger partial charge >= 0.3 is 0 Å². The van der Waals surface area contributed by atoms with E-state index in [1.165, 1.54) is 0 Å². The van der Waals surface area contributed by atoms with Gasteiger partial charge in [0, 0.05) is 11.2 Å². The number of carbonyl (C=O) groups is 3. The predicted molar refractivity (Wildman–Crippen MR) is 119 cm³/mol. The molecule has 2 aromatic rings. The number of anilines is 2. The van der Waals surface area contributed by atoms with Crippen molar-refractivity contribution in [2.24, 2.45) is 0 Å². The van der Waals surface area contributed by atoms with Crippen LogP contribution in [0.15, 0.2) is 54.6 Å². The molecule has 0 saturated heterocycles. The van der Waals surface area contributed by atoms with Crippen LogP contribution in [-0.4, -0.2) is 42.9 Å². The SMILES string of the molecule is CC[NH+](CC(=O)Nc1ccccc1C(=O)Nc1ccccc1)CC(=O)NC(C)(C)C. The summed E-state index contributed by atoms with van der Waals surface area (Å²) in [5.74, 6) is -0.661. The van der Waals surface area contributed by atoms with Crippen molar-refractivity contribution in [3.8, 4) is 0 Å². The van der Waals surface area contributed by atoms with Crippen LogP contribution in [0.3, 0.4) is 0 Å². The first-order chi connectivity index (χ1) is 14.2. The molecule has 3 amide bonds. The highest BCUT2D eigenvalue weighted by Gasteiger charge is 2.21. The molecule has 0 aliphatic rings. The lowest BCUT2D eigenvalue weighted by Crippen LogP contribution is -3.14. The van der Waals surface area contributed by atoms with E-state index in [4.69, 9.17) is 0 Å². The Morgan fingerprint density at radius 3 is 2.07 bits per heavy atom. The fourth-order valence-electron chi connectivity index (χ4n) is 2.93. The number of hydrogen-bond donors (Lipinski definition) is 4. The number of quaternary nitrogens is 1. The summed E-state index contributed by atoms with van der Waals surface area (Å²) >= 11 is 0. The molecule has 0 aromatic heterocycles. The van der Waals surface area contributed by atoms with Crippen LogP contribution in [-0.2, 0) is 9.59 Å². The number of para-hydroxylation sites is 2. The lowest BCUT2D eigenvalue weighted by molar-refractivity contribution is -0.881. The molecule has 0 aliphatic carbocycles. The number of amides is 3. The van der Waals surface area contributed by atoms with Crippen LogP contribution in [0.5, 0.6) is 0 Å². The Kier molecular flexibility index (Phi) is 8.12. The number of nitrogens with one attached hydrogen (secondary N) is 4. The molecule has 2 rings (SSSR count). The van der Waals surface area contributed by atoms with Crippen molar-refractivity contribution < 1.29 is 19.3 Å². The predicted octanol–water partition coefficient (Wildman–Crippen LogP) is 1.70. The van der Waals surface area contributed by atoms with Crippen LogP contribution in [0.2, 0.25) is 0 Å². The van der Waals surface area contributed by atoms with Crippen LogP contribution in [0.1, 0.15) is 38.1 Å². The first-order valence-electron chi connectivity index (χ1n) is 10.1. The molecule has 1 unspecified atom stereocenters. The van der Waals surface area contributed by atoms with Gasteiger partial charge in [0.2, 0.25) is 0 Å². The molecule has 7 heteroatoms. The van der Waals surface area contributed by atoms with E-state index < -0.39 is 0 Å². The van der Waals surface area contributed by atoms with E-state index in [1.54, 1.807) is 36.4 Å². The van der Waals surface area contributed by atoms with E-state index >= 15 is 0 Å². The largest absolute Gasteiger partial charge is 0.347 e. The van der Waals surface area contributed by atoms with Crippen LogP contribution in [0.4, 0.5) is 11.4 Å². The van der Waals surface area contributed by atoms with Crippen molar-refractivity contribution in [1.82, 2.24) is 5.32 Å². The summed E-state index contributed by atoms with van der Waals surface area (Å²) in [5, 5.41) is 8.54. The number of carbonyl (C=O) groups excluding carboxylic acids is 3. The molecule has 1 atom stereocenters. The van der Waals surface area contributed by atoms with Crippen molar-refractivity contribution in [1.29, 1.82) is 0 Å². The lowest BCUT2D eigenvalue weighted by Gasteiger charge is -2.23. The van der Waals surface area contributed by atoms with E-state index in [-0.39, 0.29) is 36.3 Å². The molecular weight excluding hydrogens is 380 g/mol. The quantitative estimate of drug-likeness (QED) is 0.533. The van der Waals surface area contributed by atoms with Crippen molar-refractivity contribution in [2.75, 3.05) is 30.3 Å². The van der Waals surface area contributed by atoms with Gasteiger partial charge in [-0.3, -0.25) is 14.4 Å². The number of likely N-dealkylation sites (N-methyl/N-ethyl adjacent to an activating group) is 1. The minimum atomic E-state index is -0.316. The van der Waals surface area contributed by atoms with Crippen molar-refractivity contribution in [3.05, 3.63) is 60.2 Å². The molecule has 0 saturated carbocycles. The Hall–Kier alpha value is -3.19. The summed E-state index contributed by atoms with van der Waals surface area (Å²) in [6.07, 6.45) is 0. The van der Waals surface area contributed by atoms with E-state index in [1.807, 2.05) is 45.9 Å². The standard InChI is InChI=1S/C23H30N4O3/c1-5-27(16-21(29)26-23(2,3)4)15-20(28)25-19-14-10-9-13-18(19)22(30)24-17-11-7-6-8-12-17/h6-14H,5,15-16H2,1-4H3,(H,24,30)(H,25,28)(H,26,29)/p+1. The van der Waals surface area contributed by atoms with Gasteiger partial charge < -0.3 is 20.9 Å². The average Bonchev–Trinajstić information content (AvgIpc) is 2.67. The van der Waals surface area contributed by atoms with Gasteiger partial charge in [0.1, 0.15) is 0 Å². The molecule has 2 aromatic carbocycles. The second kappa shape index (κ2) is 10.5. The third kappa shape index (κ3) is 7.67. The highest BCUT2D eigenvalue weighted by atomic mass is 16.2. The van der Waals surface area contributed by atoms with Gasteiger partial charge in [-0.15, -0.1) is 0 Å². The van der Waals surface area contributed by atoms with Gasteiger partial charge in [-0.25, -0.2) is 0 Å². The van der Waals surface area contributed by atoms with E-state index in [0.29, 0.717) is 23.5 Å². The zero-order valence-corrected chi connectivity index (χ0v) is 18.0. The summed E-state index contributed by atoms with van der Waals surface area (Å²) in [6.45, 7) is 8.64. The van der Waals surface area contributed by atoms with Gasteiger partial charge in [-0.2, -0.15) is 0 Å². The lowest BCUT2D eigenvalue weighted by atomic mass is 10.1. The number of hydrogen-bond acceptors (Lipinski definition) is 3. The van der Waals surface area contributed by atoms with Crippen LogP contribution >= 0.6 is 0 Å². The molecule has 0 radical (unpaired) electrons. The van der Waals surface area contributed by atoms with Gasteiger partial charge in [-0.05, 0) is 52.0 Å². The summed E-state index contributed by atoms with van der Waals surface area (Å²) < 4.78 is 0. The molecule has 0 fully saturated rings. The molecule has 7 nitrogen and oxygen atoms in total. The number of rotatable bonds is 8. The average molecular weight is 412 g/mol. The Morgan fingerprint density at radius 1 is 0.833 bits per heavy atom. The molecule has 0 spiro atoms. The highest BCUT2D eigenvalue weighted by molar-refractivity contribution is 6.10. The Bertz CT molecular complexity index is 876. The Labute approximate surface area is 177 Å².